The maximum absolute atomic E-state index is 14.1. The second-order valence-corrected chi connectivity index (χ2v) is 28.5. The van der Waals surface area contributed by atoms with Crippen molar-refractivity contribution in [1.82, 2.24) is 19.6 Å². The molecule has 8 aliphatic heterocycles. The van der Waals surface area contributed by atoms with Crippen molar-refractivity contribution >= 4 is 39.3 Å². The summed E-state index contributed by atoms with van der Waals surface area (Å²) in [5.74, 6) is 1.02. The first kappa shape index (κ1) is 63.7. The summed E-state index contributed by atoms with van der Waals surface area (Å²) >= 11 is 0. The zero-order valence-electron chi connectivity index (χ0n) is 51.0. The molecule has 4 aromatic carbocycles. The van der Waals surface area contributed by atoms with Crippen LogP contribution in [0.3, 0.4) is 0 Å². The maximum atomic E-state index is 14.1. The van der Waals surface area contributed by atoms with Crippen LogP contribution in [0.1, 0.15) is 175 Å². The molecule has 4 fully saturated rings. The summed E-state index contributed by atoms with van der Waals surface area (Å²) in [6.45, 7) is 14.9. The van der Waals surface area contributed by atoms with Gasteiger partial charge in [-0.1, -0.05) is 0 Å². The van der Waals surface area contributed by atoms with E-state index in [1.807, 2.05) is 0 Å². The molecule has 12 rings (SSSR count). The topological polar surface area (TPSA) is 330 Å². The van der Waals surface area contributed by atoms with Crippen LogP contribution in [0.4, 0.5) is 0 Å². The summed E-state index contributed by atoms with van der Waals surface area (Å²) in [6, 6.07) is 24.1. The fourth-order valence-corrected chi connectivity index (χ4v) is 16.5. The first-order chi connectivity index (χ1) is 42.5. The van der Waals surface area contributed by atoms with Gasteiger partial charge in [0.2, 0.25) is 23.6 Å². The molecule has 0 spiro atoms. The van der Waals surface area contributed by atoms with Gasteiger partial charge >= 0.3 is 0 Å². The molecular formula is C64H68N8O16P2-2. The van der Waals surface area contributed by atoms with Crippen molar-refractivity contribution in [3.05, 3.63) is 117 Å². The molecule has 4 amide bonds. The van der Waals surface area contributed by atoms with Crippen molar-refractivity contribution in [2.75, 3.05) is 26.2 Å². The van der Waals surface area contributed by atoms with Crippen LogP contribution >= 0.6 is 15.6 Å². The molecular weight excluding hydrogens is 1200 g/mol. The molecule has 472 valence electrons. The Morgan fingerprint density at radius 3 is 0.767 bits per heavy atom. The Hall–Kier alpha value is -7.86. The second kappa shape index (κ2) is 23.7. The van der Waals surface area contributed by atoms with Crippen molar-refractivity contribution in [1.29, 1.82) is 21.0 Å². The van der Waals surface area contributed by atoms with Gasteiger partial charge in [0, 0.05) is 74.1 Å². The quantitative estimate of drug-likeness (QED) is 0.121. The third-order valence-corrected chi connectivity index (χ3v) is 19.9. The lowest BCUT2D eigenvalue weighted by molar-refractivity contribution is -0.253. The van der Waals surface area contributed by atoms with E-state index in [0.717, 1.165) is 0 Å². The van der Waals surface area contributed by atoms with Gasteiger partial charge in [-0.2, -0.15) is 21.0 Å². The lowest BCUT2D eigenvalue weighted by Crippen LogP contribution is -2.57. The fourth-order valence-electron chi connectivity index (χ4n) is 13.8. The minimum atomic E-state index is -5.26. The normalized spacial score (nSPS) is 26.7. The van der Waals surface area contributed by atoms with Gasteiger partial charge in [0.1, 0.15) is 69.8 Å². The van der Waals surface area contributed by atoms with Gasteiger partial charge in [-0.25, -0.2) is 0 Å². The number of carbonyl (C=O) groups is 4. The number of ether oxygens (including phenoxy) is 4. The van der Waals surface area contributed by atoms with Crippen molar-refractivity contribution in [2.24, 2.45) is 0 Å². The SMILES string of the molecule is CC1(C)Oc2ccc(C#N)cc2[C@H](N2CCCC2=O)[C@H]1OP(=O)([O-])O[C@@H]1[C@@H](N2CCCC2=O)c2cc(C#N)ccc2OC1(C)C.CC1(C)Oc2ccc(C#N)cc2[C@H](N2CCCC2=O)[C@H]1OP(=O)([O-])O[C@@H]1[C@@H](N2CCCC2=O)c2cc(C#N)ccc2OC1(C)C. The zero-order chi connectivity index (χ0) is 64.6. The summed E-state index contributed by atoms with van der Waals surface area (Å²) in [5, 5.41) is 38.4. The number of hydrogen-bond donors (Lipinski definition) is 0. The van der Waals surface area contributed by atoms with E-state index in [1.165, 1.54) is 0 Å². The molecule has 26 heteroatoms. The van der Waals surface area contributed by atoms with Crippen LogP contribution in [0.25, 0.3) is 0 Å². The summed E-state index contributed by atoms with van der Waals surface area (Å²) in [6.07, 6.45) is -1.45. The minimum Gasteiger partial charge on any atom is -0.756 e. The average molecular weight is 1270 g/mol. The highest BCUT2D eigenvalue weighted by Crippen LogP contribution is 2.59. The largest absolute Gasteiger partial charge is 0.756 e. The molecule has 0 unspecified atom stereocenters. The molecule has 8 atom stereocenters. The molecule has 0 radical (unpaired) electrons. The number of amides is 4. The highest BCUT2D eigenvalue weighted by Gasteiger charge is 2.57. The lowest BCUT2D eigenvalue weighted by Gasteiger charge is -2.51. The summed E-state index contributed by atoms with van der Waals surface area (Å²) in [7, 11) is -10.5. The predicted octanol–water partition coefficient (Wildman–Crippen LogP) is 8.08. The third-order valence-electron chi connectivity index (χ3n) is 18.0. The molecule has 8 heterocycles. The number of fused-ring (bicyclic) bond motifs is 4. The van der Waals surface area contributed by atoms with Crippen LogP contribution in [0.5, 0.6) is 23.0 Å². The number of hydrogen-bond acceptors (Lipinski definition) is 20. The summed E-state index contributed by atoms with van der Waals surface area (Å²) < 4.78 is 76.7. The van der Waals surface area contributed by atoms with Gasteiger partial charge in [-0.05, 0) is 154 Å². The van der Waals surface area contributed by atoms with Crippen LogP contribution in [-0.2, 0) is 46.4 Å². The number of benzene rings is 4. The highest BCUT2D eigenvalue weighted by atomic mass is 31.2. The second-order valence-electron chi connectivity index (χ2n) is 25.8. The van der Waals surface area contributed by atoms with E-state index < -0.39 is 86.6 Å². The smallest absolute Gasteiger partial charge is 0.268 e. The first-order valence-electron chi connectivity index (χ1n) is 29.9. The van der Waals surface area contributed by atoms with Crippen LogP contribution in [-0.4, -0.2) is 116 Å². The van der Waals surface area contributed by atoms with Crippen molar-refractivity contribution in [2.45, 2.75) is 178 Å². The van der Waals surface area contributed by atoms with E-state index in [9.17, 15) is 59.1 Å². The van der Waals surface area contributed by atoms with E-state index in [4.69, 9.17) is 37.0 Å². The van der Waals surface area contributed by atoms with Crippen LogP contribution < -0.4 is 28.7 Å². The van der Waals surface area contributed by atoms with E-state index in [-0.39, 0.29) is 23.6 Å². The van der Waals surface area contributed by atoms with Gasteiger partial charge in [-0.3, -0.25) is 28.3 Å². The van der Waals surface area contributed by atoms with Gasteiger partial charge in [0.25, 0.3) is 15.6 Å². The monoisotopic (exact) mass is 1270 g/mol. The standard InChI is InChI=1S/2C32H35N4O8P/c2*1-31(2)29(27(35-13-5-7-25(35)37)21-15-19(17-33)9-11-23(21)41-31)43-45(39,40)44-30-28(36-14-6-8-26(36)38)22-16-20(18-34)10-12-24(22)42-32(30,3)4/h2*9-12,15-16,27-30H,5-8,13-14H2,1-4H3,(H,39,40)/p-2/t2*27-,28-,29+,30+/m00/s1. The molecule has 0 saturated carbocycles. The van der Waals surface area contributed by atoms with E-state index in [2.05, 4.69) is 24.3 Å². The van der Waals surface area contributed by atoms with Crippen LogP contribution in [0.2, 0.25) is 0 Å². The minimum absolute atomic E-state index is 0.166. The van der Waals surface area contributed by atoms with Crippen LogP contribution in [0, 0.1) is 45.3 Å². The number of likely N-dealkylation sites (tertiary alicyclic amines) is 4. The maximum Gasteiger partial charge on any atom is 0.268 e. The molecule has 4 aromatic rings. The molecule has 0 aliphatic carbocycles. The van der Waals surface area contributed by atoms with Crippen molar-refractivity contribution in [3.63, 3.8) is 0 Å². The van der Waals surface area contributed by atoms with E-state index in [0.29, 0.717) is 145 Å². The molecule has 0 aromatic heterocycles. The molecule has 0 N–H and O–H groups in total. The van der Waals surface area contributed by atoms with Crippen molar-refractivity contribution < 1.29 is 75.1 Å². The number of phosphoric acid groups is 2. The first-order valence-corrected chi connectivity index (χ1v) is 32.9. The van der Waals surface area contributed by atoms with Crippen molar-refractivity contribution in [3.8, 4) is 47.3 Å². The Kier molecular flexibility index (Phi) is 16.8. The third kappa shape index (κ3) is 12.0. The lowest BCUT2D eigenvalue weighted by atomic mass is 9.85. The Bertz CT molecular complexity index is 3400. The van der Waals surface area contributed by atoms with E-state index >= 15 is 0 Å². The van der Waals surface area contributed by atoms with Gasteiger partial charge < -0.3 is 66.4 Å². The Labute approximate surface area is 521 Å². The number of phosphoric ester groups is 2. The van der Waals surface area contributed by atoms with Gasteiger partial charge in [0.05, 0.1) is 70.7 Å². The van der Waals surface area contributed by atoms with Gasteiger partial charge in [0.15, 0.2) is 0 Å². The Balaban J connectivity index is 0.000000185. The molecule has 8 aliphatic rings. The number of rotatable bonds is 12. The number of carbonyl (C=O) groups excluding carboxylic acids is 4. The molecule has 24 nitrogen and oxygen atoms in total. The number of nitrogens with zero attached hydrogens (tertiary/aromatic N) is 8. The zero-order valence-corrected chi connectivity index (χ0v) is 52.8. The highest BCUT2D eigenvalue weighted by molar-refractivity contribution is 7.46. The number of nitriles is 4. The fraction of sp³-hybridized carbons (Fsp3) is 0.500. The average Bonchev–Trinajstić information content (AvgIpc) is 1.00. The summed E-state index contributed by atoms with van der Waals surface area (Å²) in [4.78, 5) is 86.7. The predicted molar refractivity (Wildman–Crippen MR) is 313 cm³/mol. The van der Waals surface area contributed by atoms with E-state index in [1.54, 1.807) is 148 Å². The Morgan fingerprint density at radius 2 is 0.600 bits per heavy atom. The Morgan fingerprint density at radius 1 is 0.400 bits per heavy atom. The molecule has 4 saturated heterocycles. The van der Waals surface area contributed by atoms with Gasteiger partial charge in [-0.15, -0.1) is 0 Å². The summed E-state index contributed by atoms with van der Waals surface area (Å²) in [5.41, 5.74) is -1.86. The molecule has 0 bridgehead atoms. The molecule has 90 heavy (non-hydrogen) atoms. The van der Waals surface area contributed by atoms with Crippen LogP contribution in [0.15, 0.2) is 72.8 Å².